The van der Waals surface area contributed by atoms with Crippen molar-refractivity contribution in [3.8, 4) is 0 Å². The van der Waals surface area contributed by atoms with E-state index in [9.17, 15) is 19.5 Å². The molecule has 6 heteroatoms. The second kappa shape index (κ2) is 3.62. The van der Waals surface area contributed by atoms with E-state index in [2.05, 4.69) is 9.47 Å². The highest BCUT2D eigenvalue weighted by atomic mass is 16.6. The van der Waals surface area contributed by atoms with Gasteiger partial charge in [-0.15, -0.1) is 0 Å². The van der Waals surface area contributed by atoms with Gasteiger partial charge in [0.05, 0.1) is 18.8 Å². The Morgan fingerprint density at radius 1 is 1.20 bits per heavy atom. The molecule has 0 spiro atoms. The van der Waals surface area contributed by atoms with E-state index >= 15 is 0 Å². The average Bonchev–Trinajstić information content (AvgIpc) is 2.58. The predicted octanol–water partition coefficient (Wildman–Crippen LogP) is -0.652. The van der Waals surface area contributed by atoms with E-state index in [4.69, 9.17) is 0 Å². The Morgan fingerprint density at radius 2 is 1.93 bits per heavy atom. The molecule has 2 fully saturated rings. The molecule has 2 rings (SSSR count). The number of cyclic esters (lactones) is 3. The molecule has 0 aromatic rings. The van der Waals surface area contributed by atoms with Crippen molar-refractivity contribution in [1.29, 1.82) is 0 Å². The molecule has 6 nitrogen and oxygen atoms in total. The van der Waals surface area contributed by atoms with Gasteiger partial charge >= 0.3 is 17.9 Å². The molecule has 0 aliphatic carbocycles. The molecule has 3 unspecified atom stereocenters. The number of esters is 3. The van der Waals surface area contributed by atoms with Gasteiger partial charge in [0.1, 0.15) is 0 Å². The molecule has 0 aromatic carbocycles. The van der Waals surface area contributed by atoms with Crippen molar-refractivity contribution in [3.63, 3.8) is 0 Å². The summed E-state index contributed by atoms with van der Waals surface area (Å²) in [6.45, 7) is 0. The first kappa shape index (κ1) is 10.1. The lowest BCUT2D eigenvalue weighted by Crippen LogP contribution is -2.20. The number of aliphatic hydroxyl groups is 1. The molecule has 0 aromatic heterocycles. The number of aliphatic hydroxyl groups excluding tert-OH is 1. The van der Waals surface area contributed by atoms with Gasteiger partial charge in [0.2, 0.25) is 6.29 Å². The Labute approximate surface area is 85.2 Å². The lowest BCUT2D eigenvalue weighted by Gasteiger charge is -2.12. The fourth-order valence-electron chi connectivity index (χ4n) is 1.86. The third kappa shape index (κ3) is 1.99. The highest BCUT2D eigenvalue weighted by molar-refractivity contribution is 5.94. The molecule has 0 amide bonds. The Balaban J connectivity index is 1.95. The van der Waals surface area contributed by atoms with Crippen LogP contribution in [-0.4, -0.2) is 29.3 Å². The van der Waals surface area contributed by atoms with Gasteiger partial charge < -0.3 is 14.6 Å². The lowest BCUT2D eigenvalue weighted by atomic mass is 9.92. The van der Waals surface area contributed by atoms with Crippen molar-refractivity contribution in [3.05, 3.63) is 0 Å². The summed E-state index contributed by atoms with van der Waals surface area (Å²) in [6, 6.07) is 0. The quantitative estimate of drug-likeness (QED) is 0.485. The van der Waals surface area contributed by atoms with Gasteiger partial charge in [-0.2, -0.15) is 0 Å². The zero-order valence-corrected chi connectivity index (χ0v) is 7.84. The first-order valence-corrected chi connectivity index (χ1v) is 4.68. The molecule has 2 aliphatic heterocycles. The lowest BCUT2D eigenvalue weighted by molar-refractivity contribution is -0.156. The third-order valence-corrected chi connectivity index (χ3v) is 2.63. The maximum absolute atomic E-state index is 11.1. The van der Waals surface area contributed by atoms with Gasteiger partial charge in [-0.05, 0) is 6.42 Å². The fraction of sp³-hybridized carbons (Fsp3) is 0.667. The van der Waals surface area contributed by atoms with Crippen LogP contribution in [0.5, 0.6) is 0 Å². The normalized spacial score (nSPS) is 35.5. The van der Waals surface area contributed by atoms with Crippen molar-refractivity contribution < 1.29 is 29.0 Å². The molecule has 82 valence electrons. The number of hydrogen-bond donors (Lipinski definition) is 1. The van der Waals surface area contributed by atoms with Crippen LogP contribution in [0.1, 0.15) is 19.3 Å². The third-order valence-electron chi connectivity index (χ3n) is 2.63. The van der Waals surface area contributed by atoms with Gasteiger partial charge in [-0.25, -0.2) is 0 Å². The largest absolute Gasteiger partial charge is 0.436 e. The highest BCUT2D eigenvalue weighted by Gasteiger charge is 2.41. The first-order chi connectivity index (χ1) is 7.06. The summed E-state index contributed by atoms with van der Waals surface area (Å²) in [5.41, 5.74) is 0. The summed E-state index contributed by atoms with van der Waals surface area (Å²) in [7, 11) is 0. The van der Waals surface area contributed by atoms with Crippen LogP contribution in [0.3, 0.4) is 0 Å². The van der Waals surface area contributed by atoms with Crippen molar-refractivity contribution in [2.45, 2.75) is 25.6 Å². The van der Waals surface area contributed by atoms with Gasteiger partial charge in [0.25, 0.3) is 0 Å². The number of carbonyl (C=O) groups is 3. The fourth-order valence-corrected chi connectivity index (χ4v) is 1.86. The van der Waals surface area contributed by atoms with E-state index in [0.29, 0.717) is 0 Å². The zero-order chi connectivity index (χ0) is 11.0. The molecular weight excluding hydrogens is 204 g/mol. The molecule has 2 heterocycles. The summed E-state index contributed by atoms with van der Waals surface area (Å²) in [5, 5.41) is 9.29. The standard InChI is InChI=1S/C9H10O6/c10-6-2-4(8(12)14-6)1-5-3-7(11)15-9(5)13/h4-5,8,12H,1-3H2. The van der Waals surface area contributed by atoms with Gasteiger partial charge in [0.15, 0.2) is 0 Å². The second-order valence-corrected chi connectivity index (χ2v) is 3.77. The minimum atomic E-state index is -1.17. The van der Waals surface area contributed by atoms with Crippen LogP contribution in [0.15, 0.2) is 0 Å². The molecule has 2 saturated heterocycles. The van der Waals surface area contributed by atoms with Crippen LogP contribution in [0.4, 0.5) is 0 Å². The number of hydrogen-bond acceptors (Lipinski definition) is 6. The Morgan fingerprint density at radius 3 is 2.40 bits per heavy atom. The predicted molar refractivity (Wildman–Crippen MR) is 44.0 cm³/mol. The average molecular weight is 214 g/mol. The van der Waals surface area contributed by atoms with Gasteiger partial charge in [-0.1, -0.05) is 0 Å². The number of rotatable bonds is 2. The van der Waals surface area contributed by atoms with Crippen molar-refractivity contribution >= 4 is 17.9 Å². The highest BCUT2D eigenvalue weighted by Crippen LogP contribution is 2.31. The molecule has 0 saturated carbocycles. The Bertz CT molecular complexity index is 323. The van der Waals surface area contributed by atoms with Gasteiger partial charge in [-0.3, -0.25) is 14.4 Å². The molecule has 0 radical (unpaired) electrons. The minimum Gasteiger partial charge on any atom is -0.436 e. The molecule has 2 aliphatic rings. The summed E-state index contributed by atoms with van der Waals surface area (Å²) in [6.07, 6.45) is -0.812. The van der Waals surface area contributed by atoms with Crippen LogP contribution in [0, 0.1) is 11.8 Å². The summed E-state index contributed by atoms with van der Waals surface area (Å²) >= 11 is 0. The molecule has 3 atom stereocenters. The molecule has 0 bridgehead atoms. The van der Waals surface area contributed by atoms with Crippen LogP contribution >= 0.6 is 0 Å². The van der Waals surface area contributed by atoms with Crippen LogP contribution in [-0.2, 0) is 23.9 Å². The molecule has 1 N–H and O–H groups in total. The smallest absolute Gasteiger partial charge is 0.317 e. The monoisotopic (exact) mass is 214 g/mol. The van der Waals surface area contributed by atoms with E-state index in [1.807, 2.05) is 0 Å². The van der Waals surface area contributed by atoms with E-state index in [1.54, 1.807) is 0 Å². The number of carbonyl (C=O) groups excluding carboxylic acids is 3. The Hall–Kier alpha value is -1.43. The number of ether oxygens (including phenoxy) is 2. The van der Waals surface area contributed by atoms with E-state index < -0.39 is 36.0 Å². The summed E-state index contributed by atoms with van der Waals surface area (Å²) in [4.78, 5) is 32.7. The van der Waals surface area contributed by atoms with E-state index in [1.165, 1.54) is 0 Å². The molecule has 15 heavy (non-hydrogen) atoms. The zero-order valence-electron chi connectivity index (χ0n) is 7.84. The van der Waals surface area contributed by atoms with E-state index in [0.717, 1.165) is 0 Å². The van der Waals surface area contributed by atoms with Crippen LogP contribution < -0.4 is 0 Å². The summed E-state index contributed by atoms with van der Waals surface area (Å²) < 4.78 is 8.89. The van der Waals surface area contributed by atoms with Gasteiger partial charge in [0, 0.05) is 5.92 Å². The minimum absolute atomic E-state index is 0.0241. The summed E-state index contributed by atoms with van der Waals surface area (Å²) in [5.74, 6) is -2.57. The topological polar surface area (TPSA) is 89.9 Å². The molecular formula is C9H10O6. The van der Waals surface area contributed by atoms with Crippen molar-refractivity contribution in [2.75, 3.05) is 0 Å². The van der Waals surface area contributed by atoms with E-state index in [-0.39, 0.29) is 19.3 Å². The maximum Gasteiger partial charge on any atom is 0.317 e. The first-order valence-electron chi connectivity index (χ1n) is 4.68. The SMILES string of the molecule is O=C1CC(CC2CC(=O)OC2O)C(=O)O1. The maximum atomic E-state index is 11.1. The second-order valence-electron chi connectivity index (χ2n) is 3.77. The van der Waals surface area contributed by atoms with Crippen molar-refractivity contribution in [2.24, 2.45) is 11.8 Å². The van der Waals surface area contributed by atoms with Crippen LogP contribution in [0.25, 0.3) is 0 Å². The van der Waals surface area contributed by atoms with Crippen LogP contribution in [0.2, 0.25) is 0 Å². The Kier molecular flexibility index (Phi) is 2.44. The van der Waals surface area contributed by atoms with Crippen molar-refractivity contribution in [1.82, 2.24) is 0 Å².